The third-order valence-corrected chi connectivity index (χ3v) is 11.1. The van der Waals surface area contributed by atoms with Crippen LogP contribution >= 0.6 is 0 Å². The molecule has 11 rings (SSSR count). The first kappa shape index (κ1) is 32.7. The molecule has 0 saturated heterocycles. The first-order valence-electron chi connectivity index (χ1n) is 19.1. The summed E-state index contributed by atoms with van der Waals surface area (Å²) in [5.41, 5.74) is 11.6. The number of hydrogen-bond donors (Lipinski definition) is 0. The maximum Gasteiger partial charge on any atom is 0.0811 e. The fraction of sp³-hybridized carbons (Fsp3) is 0. The largest absolute Gasteiger partial charge is 0.310 e. The van der Waals surface area contributed by atoms with Gasteiger partial charge < -0.3 is 4.90 Å². The Morgan fingerprint density at radius 3 is 1.39 bits per heavy atom. The van der Waals surface area contributed by atoms with E-state index >= 15 is 0 Å². The monoisotopic (exact) mass is 727 g/mol. The smallest absolute Gasteiger partial charge is 0.0811 e. The van der Waals surface area contributed by atoms with Crippen LogP contribution in [0.3, 0.4) is 0 Å². The molecular weight excluding hydrogens is 695 g/mol. The lowest BCUT2D eigenvalue weighted by Gasteiger charge is -2.26. The van der Waals surface area contributed by atoms with Gasteiger partial charge in [-0.2, -0.15) is 0 Å². The standard InChI is InChI=1S/C52H33N5/c1-2-6-37-27-38(10-9-34(37)5-1)39-17-23-47-40(28-39)11-12-41-29-46(22-24-48(41)47)57(44-18-13-35(14-19-44)49-32-53-30-42-7-3-25-55-51(42)49)45-20-15-36(16-21-45)50-33-54-31-43-8-4-26-56-52(43)50/h1-33H. The summed E-state index contributed by atoms with van der Waals surface area (Å²) in [5.74, 6) is 0. The molecule has 0 aliphatic carbocycles. The van der Waals surface area contributed by atoms with E-state index in [1.807, 2.05) is 49.3 Å². The number of nitrogens with zero attached hydrogens (tertiary/aromatic N) is 5. The van der Waals surface area contributed by atoms with E-state index in [1.165, 1.54) is 43.4 Å². The zero-order chi connectivity index (χ0) is 37.7. The van der Waals surface area contributed by atoms with Crippen LogP contribution in [0.1, 0.15) is 0 Å². The van der Waals surface area contributed by atoms with E-state index in [9.17, 15) is 0 Å². The van der Waals surface area contributed by atoms with E-state index in [0.29, 0.717) is 0 Å². The third-order valence-electron chi connectivity index (χ3n) is 11.1. The normalized spacial score (nSPS) is 11.5. The molecule has 4 aromatic heterocycles. The summed E-state index contributed by atoms with van der Waals surface area (Å²) in [6, 6.07) is 58.7. The fourth-order valence-corrected chi connectivity index (χ4v) is 8.20. The highest BCUT2D eigenvalue weighted by Gasteiger charge is 2.16. The van der Waals surface area contributed by atoms with Gasteiger partial charge in [-0.3, -0.25) is 19.9 Å². The molecule has 5 nitrogen and oxygen atoms in total. The van der Waals surface area contributed by atoms with Crippen LogP contribution < -0.4 is 4.90 Å². The first-order valence-corrected chi connectivity index (χ1v) is 19.1. The van der Waals surface area contributed by atoms with Gasteiger partial charge in [0.15, 0.2) is 0 Å². The van der Waals surface area contributed by atoms with Crippen molar-refractivity contribution in [2.24, 2.45) is 0 Å². The lowest BCUT2D eigenvalue weighted by molar-refractivity contribution is 1.28. The predicted molar refractivity (Wildman–Crippen MR) is 236 cm³/mol. The Bertz CT molecular complexity index is 3170. The van der Waals surface area contributed by atoms with Gasteiger partial charge in [0.25, 0.3) is 0 Å². The van der Waals surface area contributed by atoms with E-state index in [4.69, 9.17) is 0 Å². The number of benzene rings is 7. The number of fused-ring (bicyclic) bond motifs is 6. The van der Waals surface area contributed by atoms with Crippen molar-refractivity contribution >= 4 is 71.2 Å². The molecule has 0 spiro atoms. The highest BCUT2D eigenvalue weighted by Crippen LogP contribution is 2.40. The van der Waals surface area contributed by atoms with Crippen LogP contribution in [-0.2, 0) is 0 Å². The molecule has 266 valence electrons. The summed E-state index contributed by atoms with van der Waals surface area (Å²) in [7, 11) is 0. The molecule has 0 amide bonds. The minimum Gasteiger partial charge on any atom is -0.310 e. The Hall–Kier alpha value is -7.76. The van der Waals surface area contributed by atoms with Gasteiger partial charge in [-0.25, -0.2) is 0 Å². The quantitative estimate of drug-likeness (QED) is 0.160. The van der Waals surface area contributed by atoms with Crippen molar-refractivity contribution < 1.29 is 0 Å². The molecule has 0 fully saturated rings. The van der Waals surface area contributed by atoms with Crippen LogP contribution in [0.2, 0.25) is 0 Å². The number of pyridine rings is 4. The van der Waals surface area contributed by atoms with Crippen molar-refractivity contribution in [3.05, 3.63) is 201 Å². The first-order chi connectivity index (χ1) is 28.2. The number of hydrogen-bond acceptors (Lipinski definition) is 5. The second-order valence-corrected chi connectivity index (χ2v) is 14.4. The van der Waals surface area contributed by atoms with Gasteiger partial charge in [-0.15, -0.1) is 0 Å². The summed E-state index contributed by atoms with van der Waals surface area (Å²) in [5, 5.41) is 9.40. The van der Waals surface area contributed by atoms with Crippen LogP contribution in [0.4, 0.5) is 17.1 Å². The molecular formula is C52H33N5. The number of anilines is 3. The van der Waals surface area contributed by atoms with Crippen molar-refractivity contribution in [3.63, 3.8) is 0 Å². The van der Waals surface area contributed by atoms with Crippen LogP contribution in [0.15, 0.2) is 201 Å². The second-order valence-electron chi connectivity index (χ2n) is 14.4. The Morgan fingerprint density at radius 1 is 0.316 bits per heavy atom. The Morgan fingerprint density at radius 2 is 0.772 bits per heavy atom. The van der Waals surface area contributed by atoms with Crippen LogP contribution in [0.5, 0.6) is 0 Å². The Kier molecular flexibility index (Phi) is 7.74. The van der Waals surface area contributed by atoms with Crippen LogP contribution in [-0.4, -0.2) is 19.9 Å². The number of rotatable bonds is 6. The van der Waals surface area contributed by atoms with Crippen molar-refractivity contribution in [2.75, 3.05) is 4.90 Å². The third kappa shape index (κ3) is 5.81. The van der Waals surface area contributed by atoms with Crippen molar-refractivity contribution in [1.29, 1.82) is 0 Å². The summed E-state index contributed by atoms with van der Waals surface area (Å²) in [6.07, 6.45) is 11.2. The summed E-state index contributed by atoms with van der Waals surface area (Å²) < 4.78 is 0. The number of aromatic nitrogens is 4. The molecule has 0 saturated carbocycles. The zero-order valence-electron chi connectivity index (χ0n) is 30.8. The highest BCUT2D eigenvalue weighted by atomic mass is 15.1. The molecule has 0 aliphatic rings. The SMILES string of the molecule is c1ccc2cc(-c3ccc4c(ccc5cc(N(c6ccc(-c7cncc8cccnc78)cc6)c6ccc(-c7cncc8cccnc78)cc6)ccc54)c3)ccc2c1. The lowest BCUT2D eigenvalue weighted by atomic mass is 9.96. The van der Waals surface area contributed by atoms with E-state index in [2.05, 4.69) is 176 Å². The summed E-state index contributed by atoms with van der Waals surface area (Å²) >= 11 is 0. The maximum absolute atomic E-state index is 4.68. The molecule has 0 N–H and O–H groups in total. The topological polar surface area (TPSA) is 54.8 Å². The molecule has 11 aromatic rings. The molecule has 4 heterocycles. The summed E-state index contributed by atoms with van der Waals surface area (Å²) in [6.45, 7) is 0. The van der Waals surface area contributed by atoms with Gasteiger partial charge in [0.05, 0.1) is 11.0 Å². The molecule has 0 bridgehead atoms. The molecule has 57 heavy (non-hydrogen) atoms. The molecule has 0 atom stereocenters. The average molecular weight is 728 g/mol. The minimum absolute atomic E-state index is 0.941. The maximum atomic E-state index is 4.68. The average Bonchev–Trinajstić information content (AvgIpc) is 3.29. The van der Waals surface area contributed by atoms with Crippen molar-refractivity contribution in [1.82, 2.24) is 19.9 Å². The van der Waals surface area contributed by atoms with Crippen molar-refractivity contribution in [3.8, 4) is 33.4 Å². The van der Waals surface area contributed by atoms with E-state index < -0.39 is 0 Å². The molecule has 7 aromatic carbocycles. The van der Waals surface area contributed by atoms with Crippen LogP contribution in [0.25, 0.3) is 87.5 Å². The van der Waals surface area contributed by atoms with E-state index in [1.54, 1.807) is 0 Å². The van der Waals surface area contributed by atoms with Gasteiger partial charge in [0, 0.05) is 76.1 Å². The molecule has 0 unspecified atom stereocenters. The Balaban J connectivity index is 1.00. The fourth-order valence-electron chi connectivity index (χ4n) is 8.20. The van der Waals surface area contributed by atoms with Gasteiger partial charge >= 0.3 is 0 Å². The molecule has 0 aliphatic heterocycles. The molecule has 5 heteroatoms. The molecule has 0 radical (unpaired) electrons. The zero-order valence-corrected chi connectivity index (χ0v) is 30.8. The van der Waals surface area contributed by atoms with E-state index in [0.717, 1.165) is 61.1 Å². The highest BCUT2D eigenvalue weighted by molar-refractivity contribution is 6.10. The lowest BCUT2D eigenvalue weighted by Crippen LogP contribution is -2.10. The van der Waals surface area contributed by atoms with Crippen molar-refractivity contribution in [2.45, 2.75) is 0 Å². The van der Waals surface area contributed by atoms with Gasteiger partial charge in [-0.05, 0) is 127 Å². The van der Waals surface area contributed by atoms with Gasteiger partial charge in [-0.1, -0.05) is 91.0 Å². The van der Waals surface area contributed by atoms with Crippen LogP contribution in [0, 0.1) is 0 Å². The predicted octanol–water partition coefficient (Wildman–Crippen LogP) is 13.5. The second kappa shape index (κ2) is 13.5. The van der Waals surface area contributed by atoms with E-state index in [-0.39, 0.29) is 0 Å². The minimum atomic E-state index is 0.941. The van der Waals surface area contributed by atoms with Gasteiger partial charge in [0.1, 0.15) is 0 Å². The summed E-state index contributed by atoms with van der Waals surface area (Å²) in [4.78, 5) is 20.7. The van der Waals surface area contributed by atoms with Gasteiger partial charge in [0.2, 0.25) is 0 Å². The Labute approximate surface area is 329 Å².